The molecule has 10 atom stereocenters. The number of unbranched alkanes of at least 4 members (excludes halogenated alkanes) is 1. The molecule has 3 aliphatic heterocycles. The van der Waals surface area contributed by atoms with E-state index in [9.17, 15) is 43.5 Å². The largest absolute Gasteiger partial charge is 0.462 e. The zero-order valence-electron chi connectivity index (χ0n) is 48.6. The molecule has 19 nitrogen and oxygen atoms in total. The van der Waals surface area contributed by atoms with Crippen molar-refractivity contribution in [1.29, 1.82) is 0 Å². The molecular weight excluding hydrogens is 1170 g/mol. The molecule has 3 aliphatic rings. The van der Waals surface area contributed by atoms with Crippen LogP contribution in [-0.4, -0.2) is 126 Å². The van der Waals surface area contributed by atoms with E-state index in [-0.39, 0.29) is 67.7 Å². The SMILES string of the molecule is C=C(CBr)C(=O)OC(C)CCCCC(=O)C[C@H](C(=O)N[C@@H](CCCNC(N)=O)C(=O)Cc1cc(F)c(NC(=O)O[C@H]2CC(=O)N(C)c3cc(cc(C)c3Cl)C/C(C)=C/C=C/[C@@H](OC)[C@]3(O)CC(=O)O[C@@H](C3)[C@@H](C)[C@@H]3O[C@@]23C)cc1F)C(C)C. The third kappa shape index (κ3) is 18.7. The van der Waals surface area contributed by atoms with Gasteiger partial charge in [0.05, 0.1) is 47.5 Å². The number of amides is 5. The quantitative estimate of drug-likeness (QED) is 0.0174. The Morgan fingerprint density at radius 2 is 1.75 bits per heavy atom. The van der Waals surface area contributed by atoms with Crippen molar-refractivity contribution in [2.75, 3.05) is 36.2 Å². The van der Waals surface area contributed by atoms with Crippen molar-refractivity contribution in [3.63, 3.8) is 0 Å². The number of methoxy groups -OCH3 is 1. The molecule has 0 radical (unpaired) electrons. The summed E-state index contributed by atoms with van der Waals surface area (Å²) in [7, 11) is 2.93. The number of rotatable bonds is 23. The first-order valence-corrected chi connectivity index (χ1v) is 29.3. The number of Topliss-reactive ketones (excluding diaryl/α,β-unsaturated/α-hetero) is 2. The fourth-order valence-corrected chi connectivity index (χ4v) is 11.0. The summed E-state index contributed by atoms with van der Waals surface area (Å²) in [5, 5.41) is 19.9. The topological polar surface area (TPSA) is 272 Å². The number of carbonyl (C=O) groups excluding carboxylic acids is 8. The minimum absolute atomic E-state index is 0.0213. The number of ether oxygens (including phenoxy) is 5. The summed E-state index contributed by atoms with van der Waals surface area (Å²) in [5.41, 5.74) is 4.04. The number of aliphatic hydroxyl groups is 1. The van der Waals surface area contributed by atoms with Crippen molar-refractivity contribution >= 4 is 86.3 Å². The van der Waals surface area contributed by atoms with Gasteiger partial charge in [0.2, 0.25) is 11.8 Å². The summed E-state index contributed by atoms with van der Waals surface area (Å²) in [4.78, 5) is 107. The van der Waals surface area contributed by atoms with E-state index in [0.717, 1.165) is 11.1 Å². The molecule has 0 aromatic heterocycles. The van der Waals surface area contributed by atoms with Gasteiger partial charge in [-0.3, -0.25) is 29.3 Å². The van der Waals surface area contributed by atoms with Crippen molar-refractivity contribution in [2.45, 2.75) is 173 Å². The van der Waals surface area contributed by atoms with Crippen LogP contribution in [0.3, 0.4) is 0 Å². The monoisotopic (exact) mass is 1250 g/mol. The number of anilines is 2. The maximum Gasteiger partial charge on any atom is 0.412 e. The highest BCUT2D eigenvalue weighted by Gasteiger charge is 2.64. The molecule has 456 valence electrons. The number of aryl methyl sites for hydroxylation is 1. The molecule has 2 saturated heterocycles. The maximum atomic E-state index is 16.1. The van der Waals surface area contributed by atoms with E-state index in [1.807, 2.05) is 19.1 Å². The lowest BCUT2D eigenvalue weighted by molar-refractivity contribution is -0.187. The van der Waals surface area contributed by atoms with Gasteiger partial charge in [0, 0.05) is 75.2 Å². The first-order valence-electron chi connectivity index (χ1n) is 27.8. The van der Waals surface area contributed by atoms with Crippen LogP contribution >= 0.6 is 27.5 Å². The van der Waals surface area contributed by atoms with Gasteiger partial charge >= 0.3 is 24.1 Å². The van der Waals surface area contributed by atoms with E-state index in [1.165, 1.54) is 19.1 Å². The van der Waals surface area contributed by atoms with Crippen LogP contribution in [0.5, 0.6) is 0 Å². The third-order valence-electron chi connectivity index (χ3n) is 15.5. The number of primary amides is 1. The van der Waals surface area contributed by atoms with Crippen molar-refractivity contribution in [3.8, 4) is 0 Å². The van der Waals surface area contributed by atoms with Gasteiger partial charge in [-0.25, -0.2) is 23.2 Å². The van der Waals surface area contributed by atoms with E-state index in [1.54, 1.807) is 59.8 Å². The number of carbonyl (C=O) groups is 8. The smallest absolute Gasteiger partial charge is 0.412 e. The number of hydrogen-bond acceptors (Lipinski definition) is 14. The first kappa shape index (κ1) is 67.7. The van der Waals surface area contributed by atoms with Crippen LogP contribution in [0.2, 0.25) is 5.02 Å². The lowest BCUT2D eigenvalue weighted by Gasteiger charge is -2.41. The number of epoxide rings is 1. The standard InChI is InChI=1S/C60H79BrClF2N5O14/c1-32(2)41(26-40(70)17-12-11-16-36(6)80-56(75)35(5)31-61)55(74)67-44(18-14-20-66-57(65)76)47(71)25-39-24-43(64)45(27-42(39)63)68-58(77)82-50-28-51(72)69(9)46-23-38(22-34(4)53(46)62)21-33(3)15-13-19-49(79-10)60(78)29-48(81-52(73)30-60)37(7)54-59(50,8)83-54/h13,15,19,22-24,27,32,36-37,41,44,48-50,54,78H,5,11-12,14,16-18,20-21,25-26,28-31H2,1-4,6-10H3,(H,67,74)(H,68,77)(H3,65,66,76)/b19-13+,33-15+/t36?,37-,41+,44+,48+,49-,50+,54+,59+,60-/m1/s1. The molecule has 3 heterocycles. The van der Waals surface area contributed by atoms with Crippen LogP contribution in [0.25, 0.3) is 0 Å². The Morgan fingerprint density at radius 1 is 1.04 bits per heavy atom. The molecule has 4 bridgehead atoms. The zero-order valence-corrected chi connectivity index (χ0v) is 51.0. The molecule has 2 aromatic rings. The fourth-order valence-electron chi connectivity index (χ4n) is 10.5. The highest BCUT2D eigenvalue weighted by molar-refractivity contribution is 9.09. The van der Waals surface area contributed by atoms with Gasteiger partial charge in [0.25, 0.3) is 0 Å². The maximum absolute atomic E-state index is 16.1. The molecule has 2 fully saturated rings. The minimum Gasteiger partial charge on any atom is -0.462 e. The molecule has 5 rings (SSSR count). The van der Waals surface area contributed by atoms with Gasteiger partial charge in [-0.05, 0) is 101 Å². The fraction of sp³-hybridized carbons (Fsp3) is 0.567. The van der Waals surface area contributed by atoms with Crippen LogP contribution < -0.4 is 26.6 Å². The van der Waals surface area contributed by atoms with Crippen molar-refractivity contribution in [1.82, 2.24) is 10.6 Å². The summed E-state index contributed by atoms with van der Waals surface area (Å²) in [6.45, 7) is 15.9. The lowest BCUT2D eigenvalue weighted by Crippen LogP contribution is -2.53. The zero-order chi connectivity index (χ0) is 61.7. The van der Waals surface area contributed by atoms with Crippen molar-refractivity contribution in [3.05, 3.63) is 93.6 Å². The number of fused-ring (bicyclic) bond motifs is 5. The Balaban J connectivity index is 1.33. The summed E-state index contributed by atoms with van der Waals surface area (Å²) >= 11 is 9.98. The Bertz CT molecular complexity index is 2830. The number of nitrogens with zero attached hydrogens (tertiary/aromatic N) is 1. The molecule has 2 aromatic carbocycles. The molecule has 0 aliphatic carbocycles. The molecule has 83 heavy (non-hydrogen) atoms. The van der Waals surface area contributed by atoms with E-state index in [4.69, 9.17) is 41.0 Å². The van der Waals surface area contributed by atoms with Gasteiger partial charge < -0.3 is 50.1 Å². The predicted octanol–water partition coefficient (Wildman–Crippen LogP) is 8.92. The Hall–Kier alpha value is -6.07. The molecule has 1 unspecified atom stereocenters. The first-order chi connectivity index (χ1) is 39.0. The Labute approximate surface area is 497 Å². The van der Waals surface area contributed by atoms with E-state index in [2.05, 4.69) is 38.5 Å². The number of halogens is 4. The number of hydrogen-bond donors (Lipinski definition) is 5. The molecule has 6 N–H and O–H groups in total. The Morgan fingerprint density at radius 3 is 2.41 bits per heavy atom. The number of ketones is 2. The van der Waals surface area contributed by atoms with E-state index >= 15 is 8.78 Å². The highest BCUT2D eigenvalue weighted by Crippen LogP contribution is 2.50. The van der Waals surface area contributed by atoms with Crippen LogP contribution in [0.15, 0.2) is 60.2 Å². The van der Waals surface area contributed by atoms with Gasteiger partial charge in [0.1, 0.15) is 46.9 Å². The lowest BCUT2D eigenvalue weighted by atomic mass is 9.78. The summed E-state index contributed by atoms with van der Waals surface area (Å²) in [6, 6.07) is 2.92. The third-order valence-corrected chi connectivity index (χ3v) is 16.7. The summed E-state index contributed by atoms with van der Waals surface area (Å²) in [5.74, 6) is -7.46. The predicted molar refractivity (Wildman–Crippen MR) is 311 cm³/mol. The second kappa shape index (κ2) is 30.1. The number of allylic oxidation sites excluding steroid dienone is 3. The average molecular weight is 1250 g/mol. The average Bonchev–Trinajstić information content (AvgIpc) is 1.94. The minimum atomic E-state index is -1.69. The second-order valence-corrected chi connectivity index (χ2v) is 23.5. The molecule has 0 spiro atoms. The highest BCUT2D eigenvalue weighted by atomic mass is 79.9. The number of alkyl halides is 1. The summed E-state index contributed by atoms with van der Waals surface area (Å²) in [6.07, 6.45) is -0.124. The molecule has 0 saturated carbocycles. The second-order valence-electron chi connectivity index (χ2n) is 22.6. The number of esters is 2. The van der Waals surface area contributed by atoms with Gasteiger partial charge in [-0.2, -0.15) is 0 Å². The van der Waals surface area contributed by atoms with Crippen molar-refractivity contribution < 1.29 is 75.9 Å². The van der Waals surface area contributed by atoms with Crippen LogP contribution in [-0.2, 0) is 65.3 Å². The van der Waals surface area contributed by atoms with E-state index < -0.39 is 137 Å². The van der Waals surface area contributed by atoms with Crippen LogP contribution in [0.1, 0.15) is 122 Å². The van der Waals surface area contributed by atoms with Crippen LogP contribution in [0, 0.1) is 36.3 Å². The molecular formula is C60H79BrClF2N5O14. The Kier molecular flexibility index (Phi) is 24.6. The number of nitrogens with one attached hydrogen (secondary N) is 3. The normalized spacial score (nSPS) is 24.8. The van der Waals surface area contributed by atoms with E-state index in [0.29, 0.717) is 54.1 Å². The summed E-state index contributed by atoms with van der Waals surface area (Å²) < 4.78 is 61.1. The van der Waals surface area contributed by atoms with Crippen molar-refractivity contribution in [2.24, 2.45) is 23.5 Å². The molecule has 5 amide bonds. The molecule has 23 heteroatoms. The van der Waals surface area contributed by atoms with Gasteiger partial charge in [-0.1, -0.05) is 84.7 Å². The number of urea groups is 1. The van der Waals surface area contributed by atoms with Gasteiger partial charge in [-0.15, -0.1) is 0 Å². The number of benzene rings is 2. The van der Waals surface area contributed by atoms with Crippen LogP contribution in [0.4, 0.5) is 29.7 Å². The van der Waals surface area contributed by atoms with Gasteiger partial charge in [0.15, 0.2) is 5.78 Å². The number of nitrogens with two attached hydrogens (primary N) is 1.